The lowest BCUT2D eigenvalue weighted by molar-refractivity contribution is -0.140. The van der Waals surface area contributed by atoms with Gasteiger partial charge >= 0.3 is 0 Å². The van der Waals surface area contributed by atoms with E-state index in [0.717, 1.165) is 19.6 Å². The smallest absolute Gasteiger partial charge is 0.295 e. The Morgan fingerprint density at radius 2 is 1.82 bits per heavy atom. The van der Waals surface area contributed by atoms with E-state index in [1.807, 2.05) is 0 Å². The number of rotatable bonds is 8. The summed E-state index contributed by atoms with van der Waals surface area (Å²) < 4.78 is 16.5. The predicted octanol–water partition coefficient (Wildman–Crippen LogP) is 2.24. The molecule has 34 heavy (non-hydrogen) atoms. The molecule has 0 aliphatic carbocycles. The third-order valence-electron chi connectivity index (χ3n) is 6.20. The zero-order chi connectivity index (χ0) is 24.1. The average Bonchev–Trinajstić information content (AvgIpc) is 3.13. The lowest BCUT2D eigenvalue weighted by Crippen LogP contribution is -2.39. The van der Waals surface area contributed by atoms with E-state index in [2.05, 4.69) is 9.88 Å². The third kappa shape index (κ3) is 4.62. The van der Waals surface area contributed by atoms with Crippen molar-refractivity contribution in [2.24, 2.45) is 0 Å². The van der Waals surface area contributed by atoms with Gasteiger partial charge in [0, 0.05) is 49.7 Å². The van der Waals surface area contributed by atoms with Crippen molar-refractivity contribution in [2.45, 2.75) is 12.5 Å². The highest BCUT2D eigenvalue weighted by molar-refractivity contribution is 6.46. The molecule has 1 N–H and O–H groups in total. The molecule has 180 valence electrons. The number of nitrogens with zero attached hydrogens (tertiary/aromatic N) is 3. The van der Waals surface area contributed by atoms with E-state index in [9.17, 15) is 14.7 Å². The molecule has 0 unspecified atom stereocenters. The van der Waals surface area contributed by atoms with Gasteiger partial charge in [0.15, 0.2) is 11.5 Å². The van der Waals surface area contributed by atoms with Crippen LogP contribution in [0.2, 0.25) is 0 Å². The van der Waals surface area contributed by atoms with Gasteiger partial charge in [0.05, 0.1) is 39.0 Å². The molecule has 1 atom stereocenters. The second-order valence-corrected chi connectivity index (χ2v) is 8.12. The maximum absolute atomic E-state index is 13.2. The molecule has 2 aliphatic heterocycles. The van der Waals surface area contributed by atoms with Crippen molar-refractivity contribution in [1.29, 1.82) is 0 Å². The molecular weight excluding hydrogens is 438 g/mol. The fraction of sp³-hybridized carbons (Fsp3) is 0.400. The van der Waals surface area contributed by atoms with E-state index in [-0.39, 0.29) is 11.3 Å². The minimum atomic E-state index is -0.817. The van der Waals surface area contributed by atoms with Gasteiger partial charge in [0.2, 0.25) is 0 Å². The summed E-state index contributed by atoms with van der Waals surface area (Å²) in [6, 6.07) is 7.68. The molecule has 1 amide bonds. The van der Waals surface area contributed by atoms with Crippen LogP contribution in [-0.4, -0.2) is 85.2 Å². The van der Waals surface area contributed by atoms with E-state index in [0.29, 0.717) is 48.8 Å². The summed E-state index contributed by atoms with van der Waals surface area (Å²) in [4.78, 5) is 34.2. The fourth-order valence-corrected chi connectivity index (χ4v) is 4.52. The van der Waals surface area contributed by atoms with Gasteiger partial charge in [-0.2, -0.15) is 0 Å². The van der Waals surface area contributed by atoms with Gasteiger partial charge in [-0.3, -0.25) is 19.5 Å². The van der Waals surface area contributed by atoms with Crippen molar-refractivity contribution < 1.29 is 28.9 Å². The monoisotopic (exact) mass is 467 g/mol. The number of ketones is 1. The van der Waals surface area contributed by atoms with Crippen LogP contribution in [0.15, 0.2) is 48.3 Å². The molecule has 9 heteroatoms. The number of Topliss-reactive ketones (excluding diaryl/α,β-unsaturated/α-hetero) is 1. The highest BCUT2D eigenvalue weighted by Gasteiger charge is 2.47. The van der Waals surface area contributed by atoms with Crippen molar-refractivity contribution in [3.8, 4) is 11.5 Å². The second-order valence-electron chi connectivity index (χ2n) is 8.12. The van der Waals surface area contributed by atoms with Gasteiger partial charge in [0.1, 0.15) is 5.76 Å². The summed E-state index contributed by atoms with van der Waals surface area (Å²) in [5.74, 6) is -0.729. The minimum absolute atomic E-state index is 0.0223. The predicted molar refractivity (Wildman–Crippen MR) is 125 cm³/mol. The first-order valence-electron chi connectivity index (χ1n) is 11.3. The average molecular weight is 468 g/mol. The van der Waals surface area contributed by atoms with Crippen molar-refractivity contribution in [2.75, 3.05) is 53.6 Å². The molecule has 1 aromatic carbocycles. The van der Waals surface area contributed by atoms with Crippen LogP contribution in [0.3, 0.4) is 0 Å². The molecule has 0 radical (unpaired) electrons. The lowest BCUT2D eigenvalue weighted by atomic mass is 9.94. The number of aromatic nitrogens is 1. The Bertz CT molecular complexity index is 1070. The normalized spacial score (nSPS) is 20.5. The Morgan fingerprint density at radius 3 is 2.50 bits per heavy atom. The number of methoxy groups -OCH3 is 2. The lowest BCUT2D eigenvalue weighted by Gasteiger charge is -2.29. The van der Waals surface area contributed by atoms with Crippen LogP contribution in [-0.2, 0) is 14.3 Å². The summed E-state index contributed by atoms with van der Waals surface area (Å²) in [5.41, 5.74) is 1.00. The van der Waals surface area contributed by atoms with Gasteiger partial charge in [-0.1, -0.05) is 12.1 Å². The number of amides is 1. The maximum Gasteiger partial charge on any atom is 0.295 e. The molecule has 0 bridgehead atoms. The summed E-state index contributed by atoms with van der Waals surface area (Å²) in [7, 11) is 3.03. The van der Waals surface area contributed by atoms with Crippen molar-refractivity contribution >= 4 is 17.4 Å². The first kappa shape index (κ1) is 23.7. The molecule has 9 nitrogen and oxygen atoms in total. The van der Waals surface area contributed by atoms with E-state index in [1.165, 1.54) is 31.5 Å². The summed E-state index contributed by atoms with van der Waals surface area (Å²) >= 11 is 0. The molecular formula is C25H29N3O6. The van der Waals surface area contributed by atoms with Crippen LogP contribution in [0.1, 0.15) is 23.6 Å². The number of pyridine rings is 1. The number of aliphatic hydroxyl groups excluding tert-OH is 1. The Labute approximate surface area is 198 Å². The molecule has 1 aromatic heterocycles. The SMILES string of the molecule is COc1cccc([C@H]2C(=C(O)c3ccncc3)C(=O)C(=O)N2CCCN2CCOCC2)c1OC. The number of ether oxygens (including phenoxy) is 3. The van der Waals surface area contributed by atoms with Gasteiger partial charge < -0.3 is 24.2 Å². The van der Waals surface area contributed by atoms with Crippen LogP contribution in [0.25, 0.3) is 5.76 Å². The van der Waals surface area contributed by atoms with E-state index in [4.69, 9.17) is 14.2 Å². The molecule has 3 heterocycles. The number of carbonyl (C=O) groups excluding carboxylic acids is 2. The maximum atomic E-state index is 13.2. The first-order valence-corrected chi connectivity index (χ1v) is 11.3. The Morgan fingerprint density at radius 1 is 1.09 bits per heavy atom. The van der Waals surface area contributed by atoms with Crippen LogP contribution in [0.5, 0.6) is 11.5 Å². The quantitative estimate of drug-likeness (QED) is 0.358. The zero-order valence-electron chi connectivity index (χ0n) is 19.4. The number of para-hydroxylation sites is 1. The Balaban J connectivity index is 1.74. The van der Waals surface area contributed by atoms with Crippen molar-refractivity contribution in [3.05, 3.63) is 59.4 Å². The molecule has 2 saturated heterocycles. The van der Waals surface area contributed by atoms with E-state index < -0.39 is 17.7 Å². The van der Waals surface area contributed by atoms with Crippen molar-refractivity contribution in [1.82, 2.24) is 14.8 Å². The topological polar surface area (TPSA) is 101 Å². The summed E-state index contributed by atoms with van der Waals surface area (Å²) in [5, 5.41) is 11.1. The summed E-state index contributed by atoms with van der Waals surface area (Å²) in [6.45, 7) is 4.19. The van der Waals surface area contributed by atoms with Gasteiger partial charge in [0.25, 0.3) is 11.7 Å². The number of benzene rings is 1. The molecule has 4 rings (SSSR count). The van der Waals surface area contributed by atoms with Gasteiger partial charge in [-0.05, 0) is 24.6 Å². The second kappa shape index (κ2) is 10.7. The third-order valence-corrected chi connectivity index (χ3v) is 6.20. The van der Waals surface area contributed by atoms with Crippen LogP contribution in [0, 0.1) is 0 Å². The Kier molecular flexibility index (Phi) is 7.44. The standard InChI is InChI=1S/C25H29N3O6/c1-32-19-6-3-5-18(24(19)33-2)21-20(22(29)17-7-9-26-10-8-17)23(30)25(31)28(21)12-4-11-27-13-15-34-16-14-27/h3,5-10,21,29H,4,11-16H2,1-2H3/t21-/m0/s1. The van der Waals surface area contributed by atoms with E-state index >= 15 is 0 Å². The number of morpholine rings is 1. The fourth-order valence-electron chi connectivity index (χ4n) is 4.52. The molecule has 0 spiro atoms. The van der Waals surface area contributed by atoms with Gasteiger partial charge in [-0.25, -0.2) is 0 Å². The van der Waals surface area contributed by atoms with Crippen LogP contribution < -0.4 is 9.47 Å². The molecule has 2 aliphatic rings. The van der Waals surface area contributed by atoms with Crippen LogP contribution in [0.4, 0.5) is 0 Å². The number of likely N-dealkylation sites (tertiary alicyclic amines) is 1. The molecule has 0 saturated carbocycles. The zero-order valence-corrected chi connectivity index (χ0v) is 19.4. The molecule has 2 aromatic rings. The van der Waals surface area contributed by atoms with Crippen LogP contribution >= 0.6 is 0 Å². The number of hydrogen-bond acceptors (Lipinski definition) is 8. The number of hydrogen-bond donors (Lipinski definition) is 1. The molecule has 2 fully saturated rings. The highest BCUT2D eigenvalue weighted by atomic mass is 16.5. The summed E-state index contributed by atoms with van der Waals surface area (Å²) in [6.07, 6.45) is 3.72. The highest BCUT2D eigenvalue weighted by Crippen LogP contribution is 2.45. The largest absolute Gasteiger partial charge is 0.507 e. The van der Waals surface area contributed by atoms with E-state index in [1.54, 1.807) is 30.3 Å². The number of aliphatic hydroxyl groups is 1. The van der Waals surface area contributed by atoms with Crippen molar-refractivity contribution in [3.63, 3.8) is 0 Å². The Hall–Kier alpha value is -3.43. The minimum Gasteiger partial charge on any atom is -0.507 e. The first-order chi connectivity index (χ1) is 16.6. The number of carbonyl (C=O) groups is 2. The van der Waals surface area contributed by atoms with Gasteiger partial charge in [-0.15, -0.1) is 0 Å².